The van der Waals surface area contributed by atoms with Crippen molar-refractivity contribution in [1.82, 2.24) is 9.88 Å². The minimum Gasteiger partial charge on any atom is -0.354 e. The summed E-state index contributed by atoms with van der Waals surface area (Å²) < 4.78 is 2.44. The Bertz CT molecular complexity index is 655. The highest BCUT2D eigenvalue weighted by molar-refractivity contribution is 7.18. The average Bonchev–Trinajstić information content (AvgIpc) is 2.72. The summed E-state index contributed by atoms with van der Waals surface area (Å²) in [4.78, 5) is 25.1. The van der Waals surface area contributed by atoms with Crippen LogP contribution >= 0.6 is 11.3 Å². The van der Waals surface area contributed by atoms with Crippen LogP contribution in [0.1, 0.15) is 18.7 Å². The van der Waals surface area contributed by atoms with E-state index in [2.05, 4.69) is 5.32 Å². The second-order valence-electron chi connectivity index (χ2n) is 5.08. The third kappa shape index (κ3) is 3.23. The van der Waals surface area contributed by atoms with E-state index in [1.165, 1.54) is 4.57 Å². The number of carbonyl (C=O) groups is 1. The number of carbonyl (C=O) groups excluding carboxylic acids is 1. The molecule has 2 aromatic rings. The van der Waals surface area contributed by atoms with E-state index in [1.807, 2.05) is 32.9 Å². The van der Waals surface area contributed by atoms with Crippen molar-refractivity contribution >= 4 is 27.3 Å². The summed E-state index contributed by atoms with van der Waals surface area (Å²) >= 11 is 1.59. The molecule has 0 radical (unpaired) electrons. The normalized spacial score (nSPS) is 11.2. The molecule has 5 heteroatoms. The first-order valence-corrected chi connectivity index (χ1v) is 7.15. The summed E-state index contributed by atoms with van der Waals surface area (Å²) in [6.07, 6.45) is 1.69. The Hall–Kier alpha value is -1.62. The highest BCUT2D eigenvalue weighted by Crippen LogP contribution is 2.21. The molecule has 0 fully saturated rings. The van der Waals surface area contributed by atoms with E-state index in [9.17, 15) is 9.59 Å². The first-order valence-electron chi connectivity index (χ1n) is 6.33. The summed E-state index contributed by atoms with van der Waals surface area (Å²) in [5, 5.41) is 3.51. The van der Waals surface area contributed by atoms with Crippen LogP contribution in [0.15, 0.2) is 23.1 Å². The third-order valence-electron chi connectivity index (χ3n) is 2.80. The van der Waals surface area contributed by atoms with Gasteiger partial charge in [0.25, 0.3) is 5.56 Å². The molecular formula is C14H18N2O2S. The van der Waals surface area contributed by atoms with Crippen LogP contribution in [0.25, 0.3) is 10.1 Å². The molecular weight excluding hydrogens is 260 g/mol. The van der Waals surface area contributed by atoms with E-state index in [1.54, 1.807) is 17.5 Å². The quantitative estimate of drug-likeness (QED) is 0.931. The molecule has 0 saturated carbocycles. The van der Waals surface area contributed by atoms with Gasteiger partial charge in [0, 0.05) is 22.3 Å². The van der Waals surface area contributed by atoms with Gasteiger partial charge in [0.15, 0.2) is 0 Å². The number of amides is 1. The predicted molar refractivity (Wildman–Crippen MR) is 78.7 cm³/mol. The number of hydrogen-bond acceptors (Lipinski definition) is 3. The molecule has 2 rings (SSSR count). The number of fused-ring (bicyclic) bond motifs is 1. The van der Waals surface area contributed by atoms with Crippen molar-refractivity contribution in [3.63, 3.8) is 0 Å². The predicted octanol–water partition coefficient (Wildman–Crippen LogP) is 2.14. The SMILES string of the molecule is Cc1cc2c(=O)n(CC(=O)NCC(C)C)ccc2s1. The highest BCUT2D eigenvalue weighted by atomic mass is 32.1. The van der Waals surface area contributed by atoms with Gasteiger partial charge < -0.3 is 9.88 Å². The van der Waals surface area contributed by atoms with Crippen molar-refractivity contribution in [2.45, 2.75) is 27.3 Å². The molecule has 0 spiro atoms. The van der Waals surface area contributed by atoms with Gasteiger partial charge in [-0.3, -0.25) is 9.59 Å². The summed E-state index contributed by atoms with van der Waals surface area (Å²) in [5.41, 5.74) is -0.0958. The number of aryl methyl sites for hydroxylation is 1. The molecule has 1 amide bonds. The molecule has 0 aliphatic carbocycles. The molecule has 0 aliphatic heterocycles. The Morgan fingerprint density at radius 3 is 2.89 bits per heavy atom. The van der Waals surface area contributed by atoms with Gasteiger partial charge in [0.05, 0.1) is 5.39 Å². The first-order chi connectivity index (χ1) is 8.97. The van der Waals surface area contributed by atoms with E-state index in [0.29, 0.717) is 17.8 Å². The molecule has 0 unspecified atom stereocenters. The molecule has 0 aromatic carbocycles. The topological polar surface area (TPSA) is 51.1 Å². The smallest absolute Gasteiger partial charge is 0.259 e. The van der Waals surface area contributed by atoms with Crippen molar-refractivity contribution in [2.75, 3.05) is 6.54 Å². The Labute approximate surface area is 116 Å². The van der Waals surface area contributed by atoms with E-state index in [4.69, 9.17) is 0 Å². The lowest BCUT2D eigenvalue weighted by Crippen LogP contribution is -2.33. The molecule has 0 aliphatic rings. The van der Waals surface area contributed by atoms with Gasteiger partial charge in [-0.2, -0.15) is 0 Å². The van der Waals surface area contributed by atoms with E-state index in [0.717, 1.165) is 9.58 Å². The molecule has 19 heavy (non-hydrogen) atoms. The van der Waals surface area contributed by atoms with Crippen LogP contribution in [0, 0.1) is 12.8 Å². The average molecular weight is 278 g/mol. The first kappa shape index (κ1) is 13.8. The molecule has 102 valence electrons. The number of thiophene rings is 1. The molecule has 4 nitrogen and oxygen atoms in total. The van der Waals surface area contributed by atoms with Gasteiger partial charge in [-0.25, -0.2) is 0 Å². The van der Waals surface area contributed by atoms with Gasteiger partial charge in [-0.05, 0) is 25.0 Å². The van der Waals surface area contributed by atoms with Crippen LogP contribution in [-0.2, 0) is 11.3 Å². The zero-order valence-corrected chi connectivity index (χ0v) is 12.2. The Balaban J connectivity index is 2.19. The van der Waals surface area contributed by atoms with Crippen LogP contribution in [-0.4, -0.2) is 17.0 Å². The minimum absolute atomic E-state index is 0.0797. The van der Waals surface area contributed by atoms with Gasteiger partial charge >= 0.3 is 0 Å². The summed E-state index contributed by atoms with van der Waals surface area (Å²) in [5.74, 6) is 0.282. The largest absolute Gasteiger partial charge is 0.354 e. The fourth-order valence-electron chi connectivity index (χ4n) is 1.86. The van der Waals surface area contributed by atoms with Crippen LogP contribution in [0.5, 0.6) is 0 Å². The maximum atomic E-state index is 12.2. The molecule has 2 heterocycles. The van der Waals surface area contributed by atoms with Crippen molar-refractivity contribution in [2.24, 2.45) is 5.92 Å². The third-order valence-corrected chi connectivity index (χ3v) is 3.82. The van der Waals surface area contributed by atoms with Crippen LogP contribution in [0.4, 0.5) is 0 Å². The standard InChI is InChI=1S/C14H18N2O2S/c1-9(2)7-15-13(17)8-16-5-4-12-11(14(16)18)6-10(3)19-12/h4-6,9H,7-8H2,1-3H3,(H,15,17). The summed E-state index contributed by atoms with van der Waals surface area (Å²) in [7, 11) is 0. The molecule has 0 bridgehead atoms. The monoisotopic (exact) mass is 278 g/mol. The number of rotatable bonds is 4. The zero-order chi connectivity index (χ0) is 14.0. The van der Waals surface area contributed by atoms with Crippen LogP contribution in [0.2, 0.25) is 0 Å². The lowest BCUT2D eigenvalue weighted by Gasteiger charge is -2.09. The Morgan fingerprint density at radius 2 is 2.21 bits per heavy atom. The van der Waals surface area contributed by atoms with E-state index in [-0.39, 0.29) is 18.0 Å². The number of aromatic nitrogens is 1. The maximum Gasteiger partial charge on any atom is 0.259 e. The maximum absolute atomic E-state index is 12.2. The van der Waals surface area contributed by atoms with Gasteiger partial charge in [-0.1, -0.05) is 13.8 Å². The fourth-order valence-corrected chi connectivity index (χ4v) is 2.77. The number of pyridine rings is 1. The lowest BCUT2D eigenvalue weighted by molar-refractivity contribution is -0.121. The summed E-state index contributed by atoms with van der Waals surface area (Å²) in [6, 6.07) is 3.77. The lowest BCUT2D eigenvalue weighted by atomic mass is 10.2. The Kier molecular flexibility index (Phi) is 4.04. The number of nitrogens with one attached hydrogen (secondary N) is 1. The van der Waals surface area contributed by atoms with Crippen molar-refractivity contribution in [3.05, 3.63) is 33.6 Å². The van der Waals surface area contributed by atoms with E-state index >= 15 is 0 Å². The second kappa shape index (κ2) is 5.57. The fraction of sp³-hybridized carbons (Fsp3) is 0.429. The minimum atomic E-state index is -0.123. The molecule has 2 aromatic heterocycles. The van der Waals surface area contributed by atoms with Gasteiger partial charge in [0.1, 0.15) is 6.54 Å². The van der Waals surface area contributed by atoms with Crippen molar-refractivity contribution < 1.29 is 4.79 Å². The number of nitrogens with zero attached hydrogens (tertiary/aromatic N) is 1. The molecule has 0 saturated heterocycles. The second-order valence-corrected chi connectivity index (χ2v) is 6.37. The highest BCUT2D eigenvalue weighted by Gasteiger charge is 2.09. The van der Waals surface area contributed by atoms with E-state index < -0.39 is 0 Å². The Morgan fingerprint density at radius 1 is 1.47 bits per heavy atom. The van der Waals surface area contributed by atoms with Crippen molar-refractivity contribution in [1.29, 1.82) is 0 Å². The number of hydrogen-bond donors (Lipinski definition) is 1. The zero-order valence-electron chi connectivity index (χ0n) is 11.4. The molecule has 0 atom stereocenters. The van der Waals surface area contributed by atoms with Gasteiger partial charge in [-0.15, -0.1) is 11.3 Å². The van der Waals surface area contributed by atoms with Crippen LogP contribution in [0.3, 0.4) is 0 Å². The summed E-state index contributed by atoms with van der Waals surface area (Å²) in [6.45, 7) is 6.76. The van der Waals surface area contributed by atoms with Crippen molar-refractivity contribution in [3.8, 4) is 0 Å². The van der Waals surface area contributed by atoms with Crippen LogP contribution < -0.4 is 10.9 Å². The van der Waals surface area contributed by atoms with Gasteiger partial charge in [0.2, 0.25) is 5.91 Å². The molecule has 1 N–H and O–H groups in total.